The van der Waals surface area contributed by atoms with E-state index >= 15 is 0 Å². The zero-order valence-corrected chi connectivity index (χ0v) is 17.9. The van der Waals surface area contributed by atoms with E-state index in [0.29, 0.717) is 27.8 Å². The van der Waals surface area contributed by atoms with Gasteiger partial charge in [0, 0.05) is 36.5 Å². The Bertz CT molecular complexity index is 952. The van der Waals surface area contributed by atoms with Gasteiger partial charge in [0.2, 0.25) is 5.91 Å². The Morgan fingerprint density at radius 2 is 1.80 bits per heavy atom. The highest BCUT2D eigenvalue weighted by atomic mass is 35.5. The molecule has 7 heteroatoms. The van der Waals surface area contributed by atoms with E-state index in [1.807, 2.05) is 4.90 Å². The van der Waals surface area contributed by atoms with Gasteiger partial charge >= 0.3 is 0 Å². The van der Waals surface area contributed by atoms with Crippen molar-refractivity contribution in [1.29, 1.82) is 0 Å². The predicted molar refractivity (Wildman–Crippen MR) is 118 cm³/mol. The molecule has 1 saturated heterocycles. The summed E-state index contributed by atoms with van der Waals surface area (Å²) < 4.78 is 10.5. The molecule has 2 amide bonds. The molecule has 0 bridgehead atoms. The molecule has 0 aromatic heterocycles. The number of carbonyl (C=O) groups is 2. The second-order valence-corrected chi connectivity index (χ2v) is 7.39. The summed E-state index contributed by atoms with van der Waals surface area (Å²) in [6, 6.07) is 10.3. The molecule has 0 radical (unpaired) electrons. The van der Waals surface area contributed by atoms with Crippen LogP contribution in [-0.4, -0.2) is 44.0 Å². The zero-order chi connectivity index (χ0) is 21.5. The monoisotopic (exact) mass is 428 g/mol. The normalized spacial score (nSPS) is 13.9. The summed E-state index contributed by atoms with van der Waals surface area (Å²) in [5.41, 5.74) is 1.72. The molecule has 6 nitrogen and oxygen atoms in total. The van der Waals surface area contributed by atoms with Gasteiger partial charge in [0.25, 0.3) is 5.91 Å². The number of halogens is 1. The molecule has 0 atom stereocenters. The maximum atomic E-state index is 12.6. The SMILES string of the molecule is COc1ccc(C=CC(=O)Nc2ccc(C(=O)N3CCCCC3)c(Cl)c2)c(OC)c1. The molecule has 3 rings (SSSR count). The molecule has 0 saturated carbocycles. The lowest BCUT2D eigenvalue weighted by atomic mass is 10.1. The van der Waals surface area contributed by atoms with Crippen LogP contribution in [0.5, 0.6) is 11.5 Å². The Hall–Kier alpha value is -2.99. The molecule has 1 N–H and O–H groups in total. The third-order valence-electron chi connectivity index (χ3n) is 4.97. The quantitative estimate of drug-likeness (QED) is 0.681. The third kappa shape index (κ3) is 5.33. The van der Waals surface area contributed by atoms with E-state index in [4.69, 9.17) is 21.1 Å². The van der Waals surface area contributed by atoms with Gasteiger partial charge in [0.1, 0.15) is 11.5 Å². The van der Waals surface area contributed by atoms with Gasteiger partial charge in [0.15, 0.2) is 0 Å². The second kappa shape index (κ2) is 10.2. The highest BCUT2D eigenvalue weighted by Crippen LogP contribution is 2.26. The predicted octanol–water partition coefficient (Wildman–Crippen LogP) is 4.64. The van der Waals surface area contributed by atoms with Crippen LogP contribution in [0.15, 0.2) is 42.5 Å². The molecule has 0 spiro atoms. The van der Waals surface area contributed by atoms with Crippen LogP contribution in [0, 0.1) is 0 Å². The summed E-state index contributed by atoms with van der Waals surface area (Å²) in [6.45, 7) is 1.51. The summed E-state index contributed by atoms with van der Waals surface area (Å²) in [5, 5.41) is 3.08. The van der Waals surface area contributed by atoms with E-state index in [-0.39, 0.29) is 11.8 Å². The molecule has 0 unspecified atom stereocenters. The van der Waals surface area contributed by atoms with Crippen molar-refractivity contribution in [2.45, 2.75) is 19.3 Å². The van der Waals surface area contributed by atoms with Crippen molar-refractivity contribution in [2.75, 3.05) is 32.6 Å². The number of ether oxygens (including phenoxy) is 2. The second-order valence-electron chi connectivity index (χ2n) is 6.98. The standard InChI is InChI=1S/C23H25ClN2O4/c1-29-18-9-6-16(21(15-18)30-2)7-11-22(27)25-17-8-10-19(20(24)14-17)23(28)26-12-4-3-5-13-26/h6-11,14-15H,3-5,12-13H2,1-2H3,(H,25,27). The zero-order valence-electron chi connectivity index (χ0n) is 17.1. The van der Waals surface area contributed by atoms with Crippen LogP contribution in [0.2, 0.25) is 5.02 Å². The highest BCUT2D eigenvalue weighted by molar-refractivity contribution is 6.34. The molecular weight excluding hydrogens is 404 g/mol. The summed E-state index contributed by atoms with van der Waals surface area (Å²) >= 11 is 6.32. The Morgan fingerprint density at radius 1 is 1.03 bits per heavy atom. The largest absolute Gasteiger partial charge is 0.497 e. The number of methoxy groups -OCH3 is 2. The van der Waals surface area contributed by atoms with E-state index in [9.17, 15) is 9.59 Å². The van der Waals surface area contributed by atoms with Crippen molar-refractivity contribution in [3.8, 4) is 11.5 Å². The fourth-order valence-corrected chi connectivity index (χ4v) is 3.60. The average molecular weight is 429 g/mol. The van der Waals surface area contributed by atoms with Gasteiger partial charge in [-0.3, -0.25) is 9.59 Å². The van der Waals surface area contributed by atoms with E-state index in [1.165, 1.54) is 6.08 Å². The first kappa shape index (κ1) is 21.7. The number of amides is 2. The first-order valence-electron chi connectivity index (χ1n) is 9.81. The Morgan fingerprint density at radius 3 is 2.47 bits per heavy atom. The fourth-order valence-electron chi connectivity index (χ4n) is 3.34. The number of piperidine rings is 1. The van der Waals surface area contributed by atoms with Crippen LogP contribution < -0.4 is 14.8 Å². The summed E-state index contributed by atoms with van der Waals surface area (Å²) in [4.78, 5) is 26.8. The molecule has 2 aromatic carbocycles. The van der Waals surface area contributed by atoms with Crippen molar-refractivity contribution in [2.24, 2.45) is 0 Å². The van der Waals surface area contributed by atoms with E-state index in [1.54, 1.807) is 56.7 Å². The molecule has 0 aliphatic carbocycles. The maximum absolute atomic E-state index is 12.6. The van der Waals surface area contributed by atoms with Gasteiger partial charge in [-0.25, -0.2) is 0 Å². The van der Waals surface area contributed by atoms with Crippen LogP contribution in [0.25, 0.3) is 6.08 Å². The number of anilines is 1. The maximum Gasteiger partial charge on any atom is 0.255 e. The van der Waals surface area contributed by atoms with Crippen molar-refractivity contribution in [3.05, 3.63) is 58.6 Å². The molecule has 1 aliphatic heterocycles. The molecular formula is C23H25ClN2O4. The topological polar surface area (TPSA) is 67.9 Å². The number of nitrogens with one attached hydrogen (secondary N) is 1. The minimum atomic E-state index is -0.320. The van der Waals surface area contributed by atoms with Crippen molar-refractivity contribution in [3.63, 3.8) is 0 Å². The number of hydrogen-bond donors (Lipinski definition) is 1. The fraction of sp³-hybridized carbons (Fsp3) is 0.304. The number of rotatable bonds is 6. The van der Waals surface area contributed by atoms with Gasteiger partial charge in [-0.2, -0.15) is 0 Å². The molecule has 1 aliphatic rings. The van der Waals surface area contributed by atoms with Crippen LogP contribution >= 0.6 is 11.6 Å². The molecule has 1 heterocycles. The molecule has 1 fully saturated rings. The summed E-state index contributed by atoms with van der Waals surface area (Å²) in [5.74, 6) is 0.882. The lowest BCUT2D eigenvalue weighted by molar-refractivity contribution is -0.111. The third-order valence-corrected chi connectivity index (χ3v) is 5.28. The molecule has 158 valence electrons. The van der Waals surface area contributed by atoms with E-state index in [2.05, 4.69) is 5.32 Å². The smallest absolute Gasteiger partial charge is 0.255 e. The number of benzene rings is 2. The van der Waals surface area contributed by atoms with Gasteiger partial charge in [0.05, 0.1) is 24.8 Å². The minimum Gasteiger partial charge on any atom is -0.497 e. The van der Waals surface area contributed by atoms with Gasteiger partial charge in [-0.15, -0.1) is 0 Å². The van der Waals surface area contributed by atoms with Gasteiger partial charge < -0.3 is 19.7 Å². The van der Waals surface area contributed by atoms with Crippen LogP contribution in [-0.2, 0) is 4.79 Å². The van der Waals surface area contributed by atoms with Crippen LogP contribution in [0.3, 0.4) is 0 Å². The number of carbonyl (C=O) groups excluding carboxylic acids is 2. The van der Waals surface area contributed by atoms with Crippen molar-refractivity contribution >= 4 is 35.2 Å². The number of likely N-dealkylation sites (tertiary alicyclic amines) is 1. The van der Waals surface area contributed by atoms with Crippen molar-refractivity contribution in [1.82, 2.24) is 4.90 Å². The highest BCUT2D eigenvalue weighted by Gasteiger charge is 2.20. The molecule has 2 aromatic rings. The summed E-state index contributed by atoms with van der Waals surface area (Å²) in [6.07, 6.45) is 6.25. The lowest BCUT2D eigenvalue weighted by Crippen LogP contribution is -2.35. The number of hydrogen-bond acceptors (Lipinski definition) is 4. The van der Waals surface area contributed by atoms with Crippen LogP contribution in [0.4, 0.5) is 5.69 Å². The van der Waals surface area contributed by atoms with E-state index in [0.717, 1.165) is 37.9 Å². The Kier molecular flexibility index (Phi) is 7.36. The number of nitrogens with zero attached hydrogens (tertiary/aromatic N) is 1. The minimum absolute atomic E-state index is 0.0657. The van der Waals surface area contributed by atoms with E-state index < -0.39 is 0 Å². The van der Waals surface area contributed by atoms with Gasteiger partial charge in [-0.05, 0) is 55.7 Å². The van der Waals surface area contributed by atoms with Crippen LogP contribution in [0.1, 0.15) is 35.2 Å². The lowest BCUT2D eigenvalue weighted by Gasteiger charge is -2.27. The van der Waals surface area contributed by atoms with Gasteiger partial charge in [-0.1, -0.05) is 11.6 Å². The first-order chi connectivity index (χ1) is 14.5. The molecule has 30 heavy (non-hydrogen) atoms. The summed E-state index contributed by atoms with van der Waals surface area (Å²) in [7, 11) is 3.13. The first-order valence-corrected chi connectivity index (χ1v) is 10.2. The van der Waals surface area contributed by atoms with Crippen molar-refractivity contribution < 1.29 is 19.1 Å². The average Bonchev–Trinajstić information content (AvgIpc) is 2.77. The Labute approximate surface area is 181 Å². The Balaban J connectivity index is 1.66.